The third-order valence-electron chi connectivity index (χ3n) is 2.93. The van der Waals surface area contributed by atoms with Crippen LogP contribution in [0.25, 0.3) is 0 Å². The van der Waals surface area contributed by atoms with Crippen molar-refractivity contribution in [2.24, 2.45) is 5.92 Å². The van der Waals surface area contributed by atoms with Crippen LogP contribution in [0.3, 0.4) is 0 Å². The zero-order chi connectivity index (χ0) is 12.6. The van der Waals surface area contributed by atoms with Gasteiger partial charge in [-0.05, 0) is 6.07 Å². The molecular formula is C11H11F2NO3. The van der Waals surface area contributed by atoms with Crippen LogP contribution in [-0.4, -0.2) is 34.3 Å². The van der Waals surface area contributed by atoms with Gasteiger partial charge in [-0.2, -0.15) is 0 Å². The van der Waals surface area contributed by atoms with E-state index in [2.05, 4.69) is 0 Å². The van der Waals surface area contributed by atoms with Crippen LogP contribution in [0, 0.1) is 17.6 Å². The van der Waals surface area contributed by atoms with E-state index in [9.17, 15) is 18.7 Å². The number of likely N-dealkylation sites (tertiary alicyclic amines) is 1. The molecule has 1 atom stereocenters. The van der Waals surface area contributed by atoms with E-state index in [1.165, 1.54) is 12.1 Å². The molecule has 92 valence electrons. The van der Waals surface area contributed by atoms with Gasteiger partial charge in [-0.1, -0.05) is 12.1 Å². The maximum absolute atomic E-state index is 13.4. The molecule has 1 saturated heterocycles. The number of carbonyl (C=O) groups is 1. The van der Waals surface area contributed by atoms with Crippen LogP contribution in [0.5, 0.6) is 0 Å². The summed E-state index contributed by atoms with van der Waals surface area (Å²) in [6.45, 7) is 0.263. The van der Waals surface area contributed by atoms with E-state index >= 15 is 0 Å². The van der Waals surface area contributed by atoms with Crippen LogP contribution >= 0.6 is 0 Å². The van der Waals surface area contributed by atoms with E-state index in [0.29, 0.717) is 0 Å². The van der Waals surface area contributed by atoms with Gasteiger partial charge in [0.1, 0.15) is 0 Å². The Hall–Kier alpha value is -1.69. The minimum atomic E-state index is -1.18. The van der Waals surface area contributed by atoms with E-state index < -0.39 is 23.8 Å². The maximum atomic E-state index is 13.4. The smallest absolute Gasteiger partial charge is 0.407 e. The third-order valence-corrected chi connectivity index (χ3v) is 2.93. The Morgan fingerprint density at radius 2 is 2.06 bits per heavy atom. The lowest BCUT2D eigenvalue weighted by atomic mass is 9.89. The second-order valence-electron chi connectivity index (χ2n) is 4.04. The molecule has 0 bridgehead atoms. The number of hydrogen-bond donors (Lipinski definition) is 2. The monoisotopic (exact) mass is 243 g/mol. The maximum Gasteiger partial charge on any atom is 0.407 e. The Bertz CT molecular complexity index is 446. The second kappa shape index (κ2) is 4.29. The highest BCUT2D eigenvalue weighted by Crippen LogP contribution is 2.31. The molecule has 1 aliphatic rings. The average molecular weight is 243 g/mol. The van der Waals surface area contributed by atoms with Gasteiger partial charge in [0.2, 0.25) is 0 Å². The van der Waals surface area contributed by atoms with Gasteiger partial charge in [-0.25, -0.2) is 13.6 Å². The lowest BCUT2D eigenvalue weighted by Crippen LogP contribution is -2.51. The van der Waals surface area contributed by atoms with Gasteiger partial charge in [-0.15, -0.1) is 0 Å². The number of amides is 1. The first-order valence-corrected chi connectivity index (χ1v) is 5.10. The molecule has 1 fully saturated rings. The summed E-state index contributed by atoms with van der Waals surface area (Å²) >= 11 is 0. The number of hydrogen-bond acceptors (Lipinski definition) is 2. The Balaban J connectivity index is 2.09. The van der Waals surface area contributed by atoms with Gasteiger partial charge < -0.3 is 15.1 Å². The van der Waals surface area contributed by atoms with Crippen LogP contribution in [-0.2, 0) is 0 Å². The van der Waals surface area contributed by atoms with Crippen molar-refractivity contribution in [3.8, 4) is 0 Å². The van der Waals surface area contributed by atoms with Crippen molar-refractivity contribution < 1.29 is 23.8 Å². The minimum Gasteiger partial charge on any atom is -0.465 e. The zero-order valence-electron chi connectivity index (χ0n) is 8.81. The first kappa shape index (κ1) is 11.8. The minimum absolute atomic E-state index is 0.125. The number of halogens is 2. The molecule has 6 heteroatoms. The highest BCUT2D eigenvalue weighted by atomic mass is 19.2. The number of benzene rings is 1. The predicted octanol–water partition coefficient (Wildman–Crippen LogP) is 1.61. The third kappa shape index (κ3) is 2.08. The van der Waals surface area contributed by atoms with Crippen molar-refractivity contribution in [2.75, 3.05) is 13.1 Å². The average Bonchev–Trinajstić information content (AvgIpc) is 2.19. The molecule has 0 aliphatic carbocycles. The van der Waals surface area contributed by atoms with E-state index in [-0.39, 0.29) is 24.6 Å². The van der Waals surface area contributed by atoms with Crippen molar-refractivity contribution in [3.05, 3.63) is 35.4 Å². The fourth-order valence-electron chi connectivity index (χ4n) is 1.87. The molecule has 1 heterocycles. The van der Waals surface area contributed by atoms with Gasteiger partial charge >= 0.3 is 6.09 Å². The van der Waals surface area contributed by atoms with Gasteiger partial charge in [0.25, 0.3) is 0 Å². The van der Waals surface area contributed by atoms with E-state index in [1.54, 1.807) is 0 Å². The van der Waals surface area contributed by atoms with E-state index in [4.69, 9.17) is 5.11 Å². The Morgan fingerprint density at radius 3 is 2.65 bits per heavy atom. The van der Waals surface area contributed by atoms with Crippen LogP contribution in [0.4, 0.5) is 13.6 Å². The largest absolute Gasteiger partial charge is 0.465 e. The number of carboxylic acid groups (broad SMARTS) is 1. The quantitative estimate of drug-likeness (QED) is 0.829. The molecule has 0 spiro atoms. The van der Waals surface area contributed by atoms with Crippen LogP contribution in [0.15, 0.2) is 18.2 Å². The Labute approximate surface area is 96.1 Å². The molecule has 2 N–H and O–H groups in total. The van der Waals surface area contributed by atoms with Gasteiger partial charge in [-0.3, -0.25) is 0 Å². The summed E-state index contributed by atoms with van der Waals surface area (Å²) in [6.07, 6.45) is -2.26. The number of aliphatic hydroxyl groups is 1. The topological polar surface area (TPSA) is 60.8 Å². The van der Waals surface area contributed by atoms with Crippen molar-refractivity contribution in [1.29, 1.82) is 0 Å². The summed E-state index contributed by atoms with van der Waals surface area (Å²) in [5, 5.41) is 18.4. The SMILES string of the molecule is O=C(O)N1CC(C(O)c2cccc(F)c2F)C1. The fraction of sp³-hybridized carbons (Fsp3) is 0.364. The molecule has 17 heavy (non-hydrogen) atoms. The van der Waals surface area contributed by atoms with Crippen molar-refractivity contribution in [3.63, 3.8) is 0 Å². The molecular weight excluding hydrogens is 232 g/mol. The number of aliphatic hydroxyl groups excluding tert-OH is 1. The summed E-state index contributed by atoms with van der Waals surface area (Å²) in [5.74, 6) is -2.48. The molecule has 1 aromatic rings. The fourth-order valence-corrected chi connectivity index (χ4v) is 1.87. The van der Waals surface area contributed by atoms with Gasteiger partial charge in [0.15, 0.2) is 11.6 Å². The first-order chi connectivity index (χ1) is 8.00. The van der Waals surface area contributed by atoms with E-state index in [1.807, 2.05) is 0 Å². The van der Waals surface area contributed by atoms with Crippen molar-refractivity contribution in [2.45, 2.75) is 6.10 Å². The van der Waals surface area contributed by atoms with Gasteiger partial charge in [0.05, 0.1) is 6.10 Å². The molecule has 4 nitrogen and oxygen atoms in total. The summed E-state index contributed by atoms with van der Waals surface area (Å²) in [4.78, 5) is 11.6. The van der Waals surface area contributed by atoms with Crippen LogP contribution in [0.2, 0.25) is 0 Å². The normalized spacial score (nSPS) is 17.7. The number of rotatable bonds is 2. The van der Waals surface area contributed by atoms with Gasteiger partial charge in [0, 0.05) is 24.6 Å². The highest BCUT2D eigenvalue weighted by molar-refractivity contribution is 5.66. The summed E-state index contributed by atoms with van der Waals surface area (Å²) in [7, 11) is 0. The second-order valence-corrected chi connectivity index (χ2v) is 4.04. The van der Waals surface area contributed by atoms with E-state index in [0.717, 1.165) is 11.0 Å². The standard InChI is InChI=1S/C11H11F2NO3/c12-8-3-1-2-7(9(8)13)10(15)6-4-14(5-6)11(16)17/h1-3,6,10,15H,4-5H2,(H,16,17). The Morgan fingerprint density at radius 1 is 1.41 bits per heavy atom. The van der Waals surface area contributed by atoms with Crippen molar-refractivity contribution >= 4 is 6.09 Å². The number of nitrogens with zero attached hydrogens (tertiary/aromatic N) is 1. The molecule has 1 aliphatic heterocycles. The highest BCUT2D eigenvalue weighted by Gasteiger charge is 2.37. The van der Waals surface area contributed by atoms with Crippen LogP contribution in [0.1, 0.15) is 11.7 Å². The molecule has 0 saturated carbocycles. The predicted molar refractivity (Wildman–Crippen MR) is 54.4 cm³/mol. The lowest BCUT2D eigenvalue weighted by molar-refractivity contribution is 0.00102. The van der Waals surface area contributed by atoms with Crippen LogP contribution < -0.4 is 0 Å². The summed E-state index contributed by atoms with van der Waals surface area (Å²) in [6, 6.07) is 3.58. The summed E-state index contributed by atoms with van der Waals surface area (Å²) in [5.41, 5.74) is -0.125. The first-order valence-electron chi connectivity index (χ1n) is 5.10. The molecule has 1 amide bonds. The zero-order valence-corrected chi connectivity index (χ0v) is 8.81. The summed E-state index contributed by atoms with van der Waals surface area (Å²) < 4.78 is 26.3. The lowest BCUT2D eigenvalue weighted by Gasteiger charge is -2.39. The molecule has 2 rings (SSSR count). The molecule has 0 radical (unpaired) electrons. The molecule has 1 unspecified atom stereocenters. The molecule has 1 aromatic carbocycles. The van der Waals surface area contributed by atoms with Crippen molar-refractivity contribution in [1.82, 2.24) is 4.90 Å². The Kier molecular flexibility index (Phi) is 2.97. The molecule has 0 aromatic heterocycles.